The van der Waals surface area contributed by atoms with E-state index in [9.17, 15) is 43.2 Å². The third-order valence-electron chi connectivity index (χ3n) is 7.22. The highest BCUT2D eigenvalue weighted by Crippen LogP contribution is 2.07. The van der Waals surface area contributed by atoms with Crippen LogP contribution in [0.25, 0.3) is 0 Å². The molecule has 15 heteroatoms. The van der Waals surface area contributed by atoms with Gasteiger partial charge < -0.3 is 20.9 Å². The first-order chi connectivity index (χ1) is 24.3. The van der Waals surface area contributed by atoms with Crippen molar-refractivity contribution in [2.45, 2.75) is 81.1 Å². The van der Waals surface area contributed by atoms with Crippen molar-refractivity contribution in [1.29, 1.82) is 0 Å². The van der Waals surface area contributed by atoms with Crippen LogP contribution in [0.1, 0.15) is 81.1 Å². The lowest BCUT2D eigenvalue weighted by Crippen LogP contribution is -2.36. The molecule has 2 heterocycles. The topological polar surface area (TPSA) is 231 Å². The fraction of sp³-hybridized carbons (Fsp3) is 0.649. The van der Waals surface area contributed by atoms with Crippen LogP contribution in [-0.2, 0) is 52.6 Å². The van der Waals surface area contributed by atoms with Crippen LogP contribution in [0.15, 0.2) is 24.3 Å². The van der Waals surface area contributed by atoms with Crippen LogP contribution in [0.2, 0.25) is 0 Å². The van der Waals surface area contributed by atoms with Gasteiger partial charge in [0.05, 0.1) is 39.5 Å². The van der Waals surface area contributed by atoms with Crippen molar-refractivity contribution in [3.05, 3.63) is 24.3 Å². The number of ether oxygens (including phenoxy) is 2. The van der Waals surface area contributed by atoms with Crippen LogP contribution in [0.3, 0.4) is 0 Å². The number of nitrogens with two attached hydrogens (primary N) is 2. The maximum Gasteiger partial charge on any atom is 0.254 e. The van der Waals surface area contributed by atoms with Crippen LogP contribution in [0.5, 0.6) is 0 Å². The molecule has 0 radical (unpaired) electrons. The van der Waals surface area contributed by atoms with Crippen molar-refractivity contribution < 1.29 is 52.6 Å². The molecule has 2 aliphatic heterocycles. The molecule has 0 saturated heterocycles. The van der Waals surface area contributed by atoms with Crippen LogP contribution >= 0.6 is 0 Å². The van der Waals surface area contributed by atoms with Gasteiger partial charge in [0.15, 0.2) is 11.6 Å². The Morgan fingerprint density at radius 1 is 0.519 bits per heavy atom. The number of ketones is 5. The second kappa shape index (κ2) is 28.5. The summed E-state index contributed by atoms with van der Waals surface area (Å²) in [5, 5.41) is 0. The molecule has 4 N–H and O–H groups in total. The highest BCUT2D eigenvalue weighted by molar-refractivity contribution is 6.15. The zero-order valence-corrected chi connectivity index (χ0v) is 32.1. The summed E-state index contributed by atoms with van der Waals surface area (Å²) in [5.41, 5.74) is 10.2. The van der Waals surface area contributed by atoms with Crippen LogP contribution in [0, 0.1) is 23.7 Å². The molecule has 2 aliphatic rings. The van der Waals surface area contributed by atoms with Crippen molar-refractivity contribution in [1.82, 2.24) is 9.80 Å². The molecule has 0 aromatic carbocycles. The highest BCUT2D eigenvalue weighted by Gasteiger charge is 2.26. The third kappa shape index (κ3) is 23.4. The minimum Gasteiger partial charge on any atom is -0.381 e. The van der Waals surface area contributed by atoms with E-state index in [1.165, 1.54) is 12.2 Å². The van der Waals surface area contributed by atoms with Crippen LogP contribution in [0.4, 0.5) is 0 Å². The molecular formula is C37H60N4O11. The summed E-state index contributed by atoms with van der Waals surface area (Å²) in [6.07, 6.45) is 6.32. The van der Waals surface area contributed by atoms with Gasteiger partial charge in [0.2, 0.25) is 0 Å². The standard InChI is InChI=1S/C15H21NO5.C9H11NO3.C8H17NO2.C5H11NO/c1-11(2)13(18)7-9-21-8-3-4-12(17)10-16-14(19)5-6-15(16)20;1-6(2)7(11)5-10-8(12)3-4-9(10)13;1-7(2)8(10)3-5-11-6-4-9;1-4(2)5(7)3-6/h5-6,11H,3-4,7-10H2,1-2H3;3-4,6H,5H2,1-2H3;7H,3-6,9H2,1-2H3;4H,3,6H2,1-2H3. The number of carbonyl (C=O) groups excluding carboxylic acids is 9. The monoisotopic (exact) mass is 736 g/mol. The number of carbonyl (C=O) groups is 9. The largest absolute Gasteiger partial charge is 0.381 e. The molecular weight excluding hydrogens is 676 g/mol. The van der Waals surface area contributed by atoms with Crippen molar-refractivity contribution >= 4 is 52.5 Å². The van der Waals surface area contributed by atoms with Crippen LogP contribution in [-0.4, -0.2) is 115 Å². The van der Waals surface area contributed by atoms with Gasteiger partial charge in [-0.2, -0.15) is 0 Å². The Bertz CT molecular complexity index is 1230. The summed E-state index contributed by atoms with van der Waals surface area (Å²) < 4.78 is 10.3. The summed E-state index contributed by atoms with van der Waals surface area (Å²) in [7, 11) is 0. The smallest absolute Gasteiger partial charge is 0.254 e. The Morgan fingerprint density at radius 3 is 1.21 bits per heavy atom. The molecule has 0 unspecified atom stereocenters. The van der Waals surface area contributed by atoms with Crippen molar-refractivity contribution in [3.8, 4) is 0 Å². The van der Waals surface area contributed by atoms with Gasteiger partial charge in [-0.15, -0.1) is 0 Å². The molecule has 0 saturated carbocycles. The number of imide groups is 2. The number of rotatable bonds is 21. The van der Waals surface area contributed by atoms with Gasteiger partial charge in [0.25, 0.3) is 23.6 Å². The molecule has 294 valence electrons. The minimum atomic E-state index is -0.447. The molecule has 0 atom stereocenters. The Balaban J connectivity index is 0. The first-order valence-corrected chi connectivity index (χ1v) is 17.6. The average Bonchev–Trinajstić information content (AvgIpc) is 3.58. The SMILES string of the molecule is CC(C)C(=O)CCOCCCC(=O)CN1C(=O)C=CC1=O.CC(C)C(=O)CCOCCN.CC(C)C(=O)CN.CC(C)C(=O)CN1C(=O)C=CC1=O. The zero-order chi connectivity index (χ0) is 40.4. The Labute approximate surface area is 307 Å². The Morgan fingerprint density at radius 2 is 0.885 bits per heavy atom. The van der Waals surface area contributed by atoms with Crippen molar-refractivity contribution in [2.75, 3.05) is 52.6 Å². The van der Waals surface area contributed by atoms with Gasteiger partial charge in [-0.25, -0.2) is 0 Å². The fourth-order valence-electron chi connectivity index (χ4n) is 3.59. The van der Waals surface area contributed by atoms with Gasteiger partial charge >= 0.3 is 0 Å². The van der Waals surface area contributed by atoms with Gasteiger partial charge in [-0.05, 0) is 6.42 Å². The van der Waals surface area contributed by atoms with Crippen LogP contribution < -0.4 is 11.5 Å². The molecule has 2 rings (SSSR count). The number of Topliss-reactive ketones (excluding diaryl/α,β-unsaturated/α-hetero) is 5. The number of nitrogens with zero attached hydrogens (tertiary/aromatic N) is 2. The molecule has 0 aliphatic carbocycles. The van der Waals surface area contributed by atoms with E-state index in [-0.39, 0.29) is 78.6 Å². The molecule has 4 amide bonds. The lowest BCUT2D eigenvalue weighted by molar-refractivity contribution is -0.141. The normalized spacial score (nSPS) is 13.3. The average molecular weight is 737 g/mol. The summed E-state index contributed by atoms with van der Waals surface area (Å²) in [4.78, 5) is 102. The lowest BCUT2D eigenvalue weighted by Gasteiger charge is -2.13. The summed E-state index contributed by atoms with van der Waals surface area (Å²) in [5.74, 6) is -1.37. The molecule has 0 fully saturated rings. The van der Waals surface area contributed by atoms with E-state index >= 15 is 0 Å². The quantitative estimate of drug-likeness (QED) is 0.127. The number of amides is 4. The first-order valence-electron chi connectivity index (χ1n) is 17.6. The highest BCUT2D eigenvalue weighted by atomic mass is 16.5. The second-order valence-corrected chi connectivity index (χ2v) is 13.0. The third-order valence-corrected chi connectivity index (χ3v) is 7.22. The maximum absolute atomic E-state index is 11.6. The second-order valence-electron chi connectivity index (χ2n) is 13.0. The number of hydrogen-bond acceptors (Lipinski definition) is 13. The molecule has 15 nitrogen and oxygen atoms in total. The Hall–Kier alpha value is -4.05. The molecule has 52 heavy (non-hydrogen) atoms. The predicted molar refractivity (Wildman–Crippen MR) is 194 cm³/mol. The van der Waals surface area contributed by atoms with E-state index in [1.807, 2.05) is 41.5 Å². The fourth-order valence-corrected chi connectivity index (χ4v) is 3.59. The number of hydrogen-bond donors (Lipinski definition) is 2. The predicted octanol–water partition coefficient (Wildman–Crippen LogP) is 1.78. The van der Waals surface area contributed by atoms with E-state index in [2.05, 4.69) is 0 Å². The first kappa shape index (κ1) is 50.1. The lowest BCUT2D eigenvalue weighted by atomic mass is 10.1. The Kier molecular flexibility index (Phi) is 27.5. The molecule has 0 spiro atoms. The zero-order valence-electron chi connectivity index (χ0n) is 32.1. The van der Waals surface area contributed by atoms with E-state index < -0.39 is 23.6 Å². The van der Waals surface area contributed by atoms with Gasteiger partial charge in [0, 0.05) is 80.4 Å². The maximum atomic E-state index is 11.6. The van der Waals surface area contributed by atoms with E-state index in [1.54, 1.807) is 13.8 Å². The van der Waals surface area contributed by atoms with Gasteiger partial charge in [-0.1, -0.05) is 55.4 Å². The molecule has 0 aromatic heterocycles. The summed E-state index contributed by atoms with van der Waals surface area (Å²) >= 11 is 0. The van der Waals surface area contributed by atoms with Crippen molar-refractivity contribution in [3.63, 3.8) is 0 Å². The van der Waals surface area contributed by atoms with E-state index in [0.29, 0.717) is 52.2 Å². The van der Waals surface area contributed by atoms with Crippen molar-refractivity contribution in [2.24, 2.45) is 35.1 Å². The van der Waals surface area contributed by atoms with Gasteiger partial charge in [0.1, 0.15) is 17.3 Å². The van der Waals surface area contributed by atoms with Gasteiger partial charge in [-0.3, -0.25) is 53.0 Å². The summed E-state index contributed by atoms with van der Waals surface area (Å²) in [6.45, 7) is 16.8. The van der Waals surface area contributed by atoms with E-state index in [0.717, 1.165) is 22.0 Å². The summed E-state index contributed by atoms with van der Waals surface area (Å²) in [6, 6.07) is 0. The molecule has 0 bridgehead atoms. The minimum absolute atomic E-state index is 0.0133. The van der Waals surface area contributed by atoms with E-state index in [4.69, 9.17) is 20.9 Å². The molecule has 0 aromatic rings.